The zero-order valence-electron chi connectivity index (χ0n) is 16.0. The van der Waals surface area contributed by atoms with Gasteiger partial charge in [-0.1, -0.05) is 0 Å². The smallest absolute Gasteiger partial charge is 0.207 e. The molecule has 148 valence electrons. The van der Waals surface area contributed by atoms with Crippen molar-refractivity contribution in [2.45, 2.75) is 33.3 Å². The number of ketones is 3. The maximum Gasteiger partial charge on any atom is 0.207 e. The van der Waals surface area contributed by atoms with Crippen molar-refractivity contribution < 1.29 is 39.5 Å². The maximum absolute atomic E-state index is 13.3. The Morgan fingerprint density at radius 2 is 1.57 bits per heavy atom. The number of Topliss-reactive ketones (excluding diaryl/α,β-unsaturated/α-hetero) is 3. The molecule has 0 fully saturated rings. The highest BCUT2D eigenvalue weighted by atomic mass is 16.5. The van der Waals surface area contributed by atoms with Crippen molar-refractivity contribution >= 4 is 28.1 Å². The summed E-state index contributed by atoms with van der Waals surface area (Å²) in [5.74, 6) is -5.33. The largest absolute Gasteiger partial charge is 0.507 e. The lowest BCUT2D eigenvalue weighted by Gasteiger charge is -2.41. The van der Waals surface area contributed by atoms with E-state index in [-0.39, 0.29) is 10.8 Å². The number of phenols is 3. The summed E-state index contributed by atoms with van der Waals surface area (Å²) in [7, 11) is 1.16. The molecule has 1 aliphatic carbocycles. The molecule has 0 heterocycles. The van der Waals surface area contributed by atoms with Crippen LogP contribution in [-0.2, 0) is 4.79 Å². The molecule has 0 radical (unpaired) electrons. The number of carbonyl (C=O) groups is 3. The highest BCUT2D eigenvalue weighted by molar-refractivity contribution is 6.37. The molecule has 0 amide bonds. The number of methoxy groups -OCH3 is 1. The average molecular weight is 388 g/mol. The van der Waals surface area contributed by atoms with Crippen molar-refractivity contribution in [3.05, 3.63) is 22.8 Å². The predicted molar refractivity (Wildman–Crippen MR) is 98.3 cm³/mol. The molecule has 1 atom stereocenters. The first-order valence-electron chi connectivity index (χ1n) is 8.45. The number of aromatic hydroxyl groups is 3. The summed E-state index contributed by atoms with van der Waals surface area (Å²) >= 11 is 0. The van der Waals surface area contributed by atoms with Crippen molar-refractivity contribution in [3.63, 3.8) is 0 Å². The Bertz CT molecular complexity index is 1100. The number of hydrogen-bond donors (Lipinski definition) is 4. The minimum Gasteiger partial charge on any atom is -0.507 e. The van der Waals surface area contributed by atoms with Gasteiger partial charge in [-0.25, -0.2) is 0 Å². The van der Waals surface area contributed by atoms with Crippen LogP contribution in [0.3, 0.4) is 0 Å². The van der Waals surface area contributed by atoms with Gasteiger partial charge in [-0.05, 0) is 39.3 Å². The van der Waals surface area contributed by atoms with Crippen LogP contribution in [0.4, 0.5) is 0 Å². The van der Waals surface area contributed by atoms with Gasteiger partial charge in [0.2, 0.25) is 22.9 Å². The standard InChI is InChI=1S/C20H20O8/c1-7-6-9(22)11-12-10(7)14(23)16(28-5)15(24)13(12)18(26)20(27,17(11)25)19(3,4)8(2)21/h6,22-24,27H,1-5H3/t20-/m0/s1. The normalized spacial score (nSPS) is 19.2. The lowest BCUT2D eigenvalue weighted by Crippen LogP contribution is -2.61. The molecule has 28 heavy (non-hydrogen) atoms. The van der Waals surface area contributed by atoms with Gasteiger partial charge in [-0.15, -0.1) is 0 Å². The van der Waals surface area contributed by atoms with E-state index < -0.39 is 62.5 Å². The Hall–Kier alpha value is -3.13. The Labute approximate surface area is 160 Å². The third-order valence-corrected chi connectivity index (χ3v) is 5.76. The van der Waals surface area contributed by atoms with Gasteiger partial charge in [-0.2, -0.15) is 0 Å². The van der Waals surface area contributed by atoms with Gasteiger partial charge in [0, 0.05) is 10.8 Å². The summed E-state index contributed by atoms with van der Waals surface area (Å²) < 4.78 is 5.00. The van der Waals surface area contributed by atoms with Gasteiger partial charge >= 0.3 is 0 Å². The monoisotopic (exact) mass is 388 g/mol. The molecule has 1 aliphatic rings. The SMILES string of the molecule is COc1c(O)c2c3c(c(O)cc(C)c3c1O)C(=O)[C@@](O)(C(C)(C)C(C)=O)C2=O. The van der Waals surface area contributed by atoms with E-state index in [1.54, 1.807) is 0 Å². The van der Waals surface area contributed by atoms with Crippen molar-refractivity contribution in [3.8, 4) is 23.0 Å². The van der Waals surface area contributed by atoms with Crippen LogP contribution in [0.1, 0.15) is 47.1 Å². The molecular weight excluding hydrogens is 368 g/mol. The summed E-state index contributed by atoms with van der Waals surface area (Å²) in [5, 5.41) is 42.6. The van der Waals surface area contributed by atoms with Crippen LogP contribution in [0, 0.1) is 12.3 Å². The fourth-order valence-corrected chi connectivity index (χ4v) is 3.74. The molecular formula is C20H20O8. The van der Waals surface area contributed by atoms with Crippen molar-refractivity contribution in [2.24, 2.45) is 5.41 Å². The summed E-state index contributed by atoms with van der Waals surface area (Å²) in [6, 6.07) is 1.19. The second kappa shape index (κ2) is 5.68. The quantitative estimate of drug-likeness (QED) is 0.585. The number of hydrogen-bond acceptors (Lipinski definition) is 8. The molecule has 0 spiro atoms. The molecule has 3 rings (SSSR count). The van der Waals surface area contributed by atoms with Gasteiger partial charge in [-0.3, -0.25) is 14.4 Å². The van der Waals surface area contributed by atoms with Crippen LogP contribution in [0.15, 0.2) is 6.07 Å². The zero-order valence-corrected chi connectivity index (χ0v) is 16.0. The molecule has 0 saturated heterocycles. The van der Waals surface area contributed by atoms with Crippen LogP contribution in [0.5, 0.6) is 23.0 Å². The molecule has 8 heteroatoms. The fourth-order valence-electron chi connectivity index (χ4n) is 3.74. The lowest BCUT2D eigenvalue weighted by molar-refractivity contribution is -0.133. The summed E-state index contributed by atoms with van der Waals surface area (Å²) in [5.41, 5.74) is -5.38. The first-order valence-corrected chi connectivity index (χ1v) is 8.45. The molecule has 0 saturated carbocycles. The van der Waals surface area contributed by atoms with Crippen molar-refractivity contribution in [2.75, 3.05) is 7.11 Å². The molecule has 0 unspecified atom stereocenters. The zero-order chi connectivity index (χ0) is 21.3. The van der Waals surface area contributed by atoms with Gasteiger partial charge < -0.3 is 25.2 Å². The van der Waals surface area contributed by atoms with Gasteiger partial charge in [0.05, 0.1) is 23.7 Å². The topological polar surface area (TPSA) is 141 Å². The molecule has 0 bridgehead atoms. The van der Waals surface area contributed by atoms with Crippen LogP contribution >= 0.6 is 0 Å². The number of benzene rings is 2. The second-order valence-electron chi connectivity index (χ2n) is 7.49. The maximum atomic E-state index is 13.3. The fraction of sp³-hybridized carbons (Fsp3) is 0.350. The first-order chi connectivity index (χ1) is 12.8. The third kappa shape index (κ3) is 2.00. The van der Waals surface area contributed by atoms with Crippen LogP contribution in [0.25, 0.3) is 10.8 Å². The second-order valence-corrected chi connectivity index (χ2v) is 7.49. The highest BCUT2D eigenvalue weighted by Crippen LogP contribution is 2.54. The van der Waals surface area contributed by atoms with E-state index in [4.69, 9.17) is 4.74 Å². The van der Waals surface area contributed by atoms with Crippen molar-refractivity contribution in [1.82, 2.24) is 0 Å². The number of aryl methyl sites for hydroxylation is 1. The number of aliphatic hydroxyl groups is 1. The Morgan fingerprint density at radius 1 is 1.04 bits per heavy atom. The number of rotatable bonds is 3. The lowest BCUT2D eigenvalue weighted by atomic mass is 9.62. The molecule has 0 aliphatic heterocycles. The average Bonchev–Trinajstić information content (AvgIpc) is 2.59. The molecule has 2 aromatic rings. The predicted octanol–water partition coefficient (Wildman–Crippen LogP) is 2.00. The molecule has 0 aromatic heterocycles. The first kappa shape index (κ1) is 19.6. The van der Waals surface area contributed by atoms with Gasteiger partial charge in [0.1, 0.15) is 11.5 Å². The third-order valence-electron chi connectivity index (χ3n) is 5.76. The summed E-state index contributed by atoms with van der Waals surface area (Å²) in [4.78, 5) is 38.7. The summed E-state index contributed by atoms with van der Waals surface area (Å²) in [6.45, 7) is 5.10. The van der Waals surface area contributed by atoms with E-state index in [2.05, 4.69) is 0 Å². The van der Waals surface area contributed by atoms with E-state index >= 15 is 0 Å². The Morgan fingerprint density at radius 3 is 2.07 bits per heavy atom. The van der Waals surface area contributed by atoms with E-state index in [0.29, 0.717) is 5.56 Å². The van der Waals surface area contributed by atoms with E-state index in [1.165, 1.54) is 26.8 Å². The van der Waals surface area contributed by atoms with Crippen LogP contribution in [-0.4, -0.2) is 50.5 Å². The van der Waals surface area contributed by atoms with Crippen molar-refractivity contribution in [1.29, 1.82) is 0 Å². The summed E-state index contributed by atoms with van der Waals surface area (Å²) in [6.07, 6.45) is 0. The van der Waals surface area contributed by atoms with E-state index in [0.717, 1.165) is 14.0 Å². The Kier molecular flexibility index (Phi) is 3.98. The van der Waals surface area contributed by atoms with Crippen LogP contribution in [0.2, 0.25) is 0 Å². The number of carbonyl (C=O) groups excluding carboxylic acids is 3. The minimum atomic E-state index is -2.87. The van der Waals surface area contributed by atoms with E-state index in [9.17, 15) is 34.8 Å². The van der Waals surface area contributed by atoms with E-state index in [1.807, 2.05) is 0 Å². The number of ether oxygens (including phenoxy) is 1. The van der Waals surface area contributed by atoms with Gasteiger partial charge in [0.15, 0.2) is 11.5 Å². The Balaban J connectivity index is 2.63. The minimum absolute atomic E-state index is 0.0156. The van der Waals surface area contributed by atoms with Gasteiger partial charge in [0.25, 0.3) is 0 Å². The van der Waals surface area contributed by atoms with Crippen LogP contribution < -0.4 is 4.74 Å². The molecule has 2 aromatic carbocycles. The highest BCUT2D eigenvalue weighted by Gasteiger charge is 2.62. The molecule has 8 nitrogen and oxygen atoms in total. The number of phenolic OH excluding ortho intramolecular Hbond substituents is 3. The molecule has 4 N–H and O–H groups in total.